The molecule has 7 N–H and O–H groups in total. The smallest absolute Gasteiger partial charge is 0.263 e. The van der Waals surface area contributed by atoms with Gasteiger partial charge >= 0.3 is 0 Å². The van der Waals surface area contributed by atoms with E-state index in [-0.39, 0.29) is 111 Å². The zero-order valence-corrected chi connectivity index (χ0v) is 62.1. The summed E-state index contributed by atoms with van der Waals surface area (Å²) in [5.74, 6) is 0.520. The molecule has 6 saturated heterocycles. The Morgan fingerprint density at radius 1 is 0.523 bits per heavy atom. The maximum Gasteiger partial charge on any atom is 0.263 e. The molecule has 3 aromatic heterocycles. The highest BCUT2D eigenvalue weighted by Gasteiger charge is 2.65. The number of carbonyl (C=O) groups excluding carboxylic acids is 3. The zero-order chi connectivity index (χ0) is 74.3. The van der Waals surface area contributed by atoms with Crippen molar-refractivity contribution in [3.05, 3.63) is 223 Å². The molecule has 12 atom stereocenters. The molecule has 6 fully saturated rings. The largest absolute Gasteiger partial charge is 0.508 e. The van der Waals surface area contributed by atoms with Crippen LogP contribution in [0.3, 0.4) is 0 Å². The van der Waals surface area contributed by atoms with E-state index in [4.69, 9.17) is 0 Å². The number of phenols is 3. The number of carbonyl (C=O) groups is 3. The van der Waals surface area contributed by atoms with E-state index in [1.165, 1.54) is 27.2 Å². The van der Waals surface area contributed by atoms with Crippen molar-refractivity contribution in [1.29, 1.82) is 0 Å². The number of rotatable bonds is 4. The third-order valence-electron chi connectivity index (χ3n) is 28.7. The first-order valence-corrected chi connectivity index (χ1v) is 40.5. The van der Waals surface area contributed by atoms with E-state index in [2.05, 4.69) is 51.9 Å². The average Bonchev–Trinajstić information content (AvgIpc) is 1.29. The number of aliphatic hydroxyl groups is 2. The number of likely N-dealkylation sites (N-methyl/N-ethyl adjacent to an activating group) is 3. The number of pyridine rings is 3. The summed E-state index contributed by atoms with van der Waals surface area (Å²) in [5, 5.41) is 53.8. The number of aromatic amines is 2. The van der Waals surface area contributed by atoms with Crippen LogP contribution in [0.5, 0.6) is 17.2 Å². The summed E-state index contributed by atoms with van der Waals surface area (Å²) in [6, 6.07) is 31.2. The molecule has 0 saturated carbocycles. The second-order valence-electron chi connectivity index (χ2n) is 33.8. The molecule has 7 aromatic rings. The molecule has 6 aliphatic carbocycles. The number of sulfone groups is 1. The Kier molecular flexibility index (Phi) is 16.6. The van der Waals surface area contributed by atoms with Crippen LogP contribution in [-0.4, -0.2) is 203 Å². The molecule has 7 aliphatic heterocycles. The first-order chi connectivity index (χ1) is 51.3. The predicted octanol–water partition coefficient (Wildman–Crippen LogP) is 5.74. The number of aromatic hydroxyl groups is 3. The highest BCUT2D eigenvalue weighted by Crippen LogP contribution is 2.59. The van der Waals surface area contributed by atoms with Crippen molar-refractivity contribution in [2.75, 3.05) is 65.4 Å². The summed E-state index contributed by atoms with van der Waals surface area (Å²) in [7, 11) is 3.33. The van der Waals surface area contributed by atoms with E-state index in [1.807, 2.05) is 72.5 Å². The number of hydrogen-bond acceptors (Lipinski definition) is 16. The molecule has 1 unspecified atom stereocenters. The van der Waals surface area contributed by atoms with Crippen LogP contribution < -0.4 is 16.7 Å². The van der Waals surface area contributed by atoms with Gasteiger partial charge in [-0.05, 0) is 265 Å². The molecule has 13 aliphatic rings. The van der Waals surface area contributed by atoms with Gasteiger partial charge in [0.2, 0.25) is 0 Å². The normalized spacial score (nSPS) is 30.7. The molecule has 23 heteroatoms. The number of hydrogen-bond donors (Lipinski definition) is 7. The van der Waals surface area contributed by atoms with E-state index >= 15 is 0 Å². The lowest BCUT2D eigenvalue weighted by Gasteiger charge is -2.63. The fourth-order valence-electron chi connectivity index (χ4n) is 23.2. The van der Waals surface area contributed by atoms with Gasteiger partial charge in [-0.3, -0.25) is 28.8 Å². The Morgan fingerprint density at radius 2 is 1.01 bits per heavy atom. The van der Waals surface area contributed by atoms with E-state index in [9.17, 15) is 62.7 Å². The first-order valence-electron chi connectivity index (χ1n) is 38.7. The molecule has 20 rings (SSSR count). The number of aliphatic hydroxyl groups excluding tert-OH is 1. The lowest BCUT2D eigenvalue weighted by molar-refractivity contribution is -0.145. The van der Waals surface area contributed by atoms with Gasteiger partial charge in [0, 0.05) is 109 Å². The van der Waals surface area contributed by atoms with Gasteiger partial charge in [-0.25, -0.2) is 8.42 Å². The molecular weight excluding hydrogens is 1380 g/mol. The van der Waals surface area contributed by atoms with Gasteiger partial charge in [0.25, 0.3) is 34.4 Å². The summed E-state index contributed by atoms with van der Waals surface area (Å²) in [4.78, 5) is 98.9. The van der Waals surface area contributed by atoms with Gasteiger partial charge in [0.05, 0.1) is 23.2 Å². The van der Waals surface area contributed by atoms with E-state index < -0.39 is 32.3 Å². The molecule has 22 nitrogen and oxygen atoms in total. The summed E-state index contributed by atoms with van der Waals surface area (Å²) in [6.45, 7) is 6.43. The molecule has 3 amide bonds. The van der Waals surface area contributed by atoms with Crippen LogP contribution in [0.1, 0.15) is 161 Å². The minimum absolute atomic E-state index is 0.0329. The Labute approximate surface area is 621 Å². The third-order valence-corrected chi connectivity index (χ3v) is 30.3. The van der Waals surface area contributed by atoms with Crippen LogP contribution in [0.2, 0.25) is 0 Å². The molecule has 560 valence electrons. The summed E-state index contributed by atoms with van der Waals surface area (Å²) < 4.78 is 25.3. The Bertz CT molecular complexity index is 5170. The average molecular weight is 1470 g/mol. The Hall–Kier alpha value is -8.71. The Morgan fingerprint density at radius 3 is 1.54 bits per heavy atom. The van der Waals surface area contributed by atoms with Crippen LogP contribution >= 0.6 is 0 Å². The van der Waals surface area contributed by atoms with Crippen LogP contribution in [0, 0.1) is 11.8 Å². The molecule has 4 aromatic carbocycles. The summed E-state index contributed by atoms with van der Waals surface area (Å²) >= 11 is 0. The van der Waals surface area contributed by atoms with Crippen molar-refractivity contribution in [1.82, 2.24) is 43.9 Å². The maximum absolute atomic E-state index is 13.8. The van der Waals surface area contributed by atoms with Gasteiger partial charge in [-0.1, -0.05) is 42.5 Å². The number of piperidine rings is 4. The molecule has 0 spiro atoms. The lowest BCUT2D eigenvalue weighted by Crippen LogP contribution is -2.73. The standard InChI is InChI=1S/C31H33N3O4.C28H33N3O4.C25H29N3O5S/c1-3-34-26-16-30-10-11-32(2)27(13-19-8-9-23(35)14-25(19)30)31(30,38)15-22(26)12-24(29(34)37)28(36)33-17-20-6-4-5-7-21(20)18-33;1-30-7-6-28-14-24-16(9-23(28)25(30)10-15-2-5-19(32)13-22(15)28)8-21(26(34)29-24)27(35)31-17-3-4-18(31)12-20(33)11-17;1-27-5-4-25-14-21-16(11-20(25)22(27)12-15-2-3-17(29)13-19(15)25)10-18(23(30)26-21)24(31)28-6-8-34(32,33)9-7-28/h4-9,12,14,27,35,38H,3,10-11,13,15-18H2,1-2H3;2,5,8,13,17-18,20,23,25,32-33H,3-4,6-7,9-12,14H2,1H3,(H,29,34);2-3,10,13,20,22,29H,4-9,11-12,14H2,1H3,(H,26,30)/t27-,30-,31-;17-,18+,20?,23-,25+,28+;20-,22+,25+/m100/s1. The van der Waals surface area contributed by atoms with Gasteiger partial charge in [0.1, 0.15) is 33.9 Å². The molecule has 107 heavy (non-hydrogen) atoms. The van der Waals surface area contributed by atoms with Crippen LogP contribution in [-0.2, 0) is 104 Å². The van der Waals surface area contributed by atoms with Crippen molar-refractivity contribution >= 4 is 27.6 Å². The highest BCUT2D eigenvalue weighted by atomic mass is 32.2. The number of benzene rings is 4. The van der Waals surface area contributed by atoms with Crippen molar-refractivity contribution in [3.8, 4) is 17.2 Å². The second-order valence-corrected chi connectivity index (χ2v) is 36.1. The summed E-state index contributed by atoms with van der Waals surface area (Å²) in [6.07, 6.45) is 11.8. The fourth-order valence-corrected chi connectivity index (χ4v) is 24.4. The molecule has 0 radical (unpaired) electrons. The van der Waals surface area contributed by atoms with Crippen LogP contribution in [0.15, 0.2) is 111 Å². The van der Waals surface area contributed by atoms with Gasteiger partial charge < -0.3 is 69.5 Å². The van der Waals surface area contributed by atoms with E-state index in [0.29, 0.717) is 87.8 Å². The molecule has 10 heterocycles. The summed E-state index contributed by atoms with van der Waals surface area (Å²) in [5.41, 5.74) is 12.7. The van der Waals surface area contributed by atoms with Gasteiger partial charge in [-0.2, -0.15) is 0 Å². The minimum Gasteiger partial charge on any atom is -0.508 e. The third kappa shape index (κ3) is 11.0. The van der Waals surface area contributed by atoms with Crippen LogP contribution in [0.25, 0.3) is 0 Å². The molecule has 8 bridgehead atoms. The fraction of sp³-hybridized carbons (Fsp3) is 0.500. The zero-order valence-electron chi connectivity index (χ0n) is 61.3. The second kappa shape index (κ2) is 25.4. The molecular formula is C84H95N9O13S. The quantitative estimate of drug-likeness (QED) is 0.111. The van der Waals surface area contributed by atoms with Crippen molar-refractivity contribution < 1.29 is 48.3 Å². The number of amides is 3. The maximum atomic E-state index is 13.8. The number of nitrogens with one attached hydrogen (secondary N) is 2. The Balaban J connectivity index is 0.000000114. The monoisotopic (exact) mass is 1470 g/mol. The predicted molar refractivity (Wildman–Crippen MR) is 401 cm³/mol. The SMILES string of the molecule is CCn1c2c(cc(C(=O)N3Cc4ccccc4C3)c1=O)C[C@@]1(O)[C@H]3Cc4ccc(O)cc4[C@@]1(CCN3C)C2.CN1CC[C@]23Cc4[nH]c(=O)c(C(=O)N5CCS(=O)(=O)CC5)cc4C[C@H]2[C@H]1Cc1ccc(O)cc13.CN1CC[C@]23Cc4[nH]c(=O)c(C(=O)N5[C@@H]6CC[C@H]5CC(O)C6)cc4C[C@H]2[C@H]1Cc1ccc(O)cc13. The van der Waals surface area contributed by atoms with E-state index in [1.54, 1.807) is 39.8 Å². The van der Waals surface area contributed by atoms with Crippen molar-refractivity contribution in [2.45, 2.75) is 187 Å². The van der Waals surface area contributed by atoms with Gasteiger partial charge in [0.15, 0.2) is 9.84 Å². The number of likely N-dealkylation sites (tertiary alicyclic amines) is 3. The van der Waals surface area contributed by atoms with Crippen molar-refractivity contribution in [2.24, 2.45) is 11.8 Å². The van der Waals surface area contributed by atoms with E-state index in [0.717, 1.165) is 140 Å². The number of fused-ring (bicyclic) bond motifs is 9. The number of nitrogens with zero attached hydrogens (tertiary/aromatic N) is 7. The minimum atomic E-state index is -3.11. The van der Waals surface area contributed by atoms with Gasteiger partial charge in [-0.15, -0.1) is 0 Å². The van der Waals surface area contributed by atoms with Crippen molar-refractivity contribution in [3.63, 3.8) is 0 Å². The number of phenolic OH excluding ortho intramolecular Hbond substituents is 3. The topological polar surface area (TPSA) is 294 Å². The lowest BCUT2D eigenvalue weighted by atomic mass is 9.49. The highest BCUT2D eigenvalue weighted by molar-refractivity contribution is 7.91. The first kappa shape index (κ1) is 70.0. The van der Waals surface area contributed by atoms with Crippen LogP contribution in [0.4, 0.5) is 0 Å². The number of H-pyrrole nitrogens is 2. The number of aromatic nitrogens is 3.